The second-order valence-corrected chi connectivity index (χ2v) is 7.49. The topological polar surface area (TPSA) is 109 Å². The van der Waals surface area contributed by atoms with Crippen molar-refractivity contribution in [2.45, 2.75) is 33.1 Å². The van der Waals surface area contributed by atoms with Gasteiger partial charge in [0.1, 0.15) is 6.33 Å². The predicted molar refractivity (Wildman–Crippen MR) is 102 cm³/mol. The lowest BCUT2D eigenvalue weighted by atomic mass is 10.1. The Labute approximate surface area is 156 Å². The molecular formula is C16H23N7O2S. The predicted octanol–water partition coefficient (Wildman–Crippen LogP) is 3.10. The highest BCUT2D eigenvalue weighted by Crippen LogP contribution is 2.32. The van der Waals surface area contributed by atoms with Gasteiger partial charge in [0.2, 0.25) is 11.6 Å². The number of rotatable bonds is 7. The first kappa shape index (κ1) is 18.5. The normalized spacial score (nSPS) is 15.0. The summed E-state index contributed by atoms with van der Waals surface area (Å²) < 4.78 is 0. The molecule has 0 radical (unpaired) electrons. The second kappa shape index (κ2) is 8.37. The summed E-state index contributed by atoms with van der Waals surface area (Å²) in [4.78, 5) is 27.0. The summed E-state index contributed by atoms with van der Waals surface area (Å²) in [5.74, 6) is 0.383. The Hall–Kier alpha value is -2.33. The molecule has 3 heterocycles. The van der Waals surface area contributed by atoms with Gasteiger partial charge in [-0.05, 0) is 39.8 Å². The highest BCUT2D eigenvalue weighted by Gasteiger charge is 2.24. The van der Waals surface area contributed by atoms with E-state index >= 15 is 0 Å². The molecule has 0 amide bonds. The van der Waals surface area contributed by atoms with Gasteiger partial charge in [0.15, 0.2) is 5.13 Å². The molecule has 1 saturated heterocycles. The van der Waals surface area contributed by atoms with E-state index in [0.29, 0.717) is 11.7 Å². The first-order valence-electron chi connectivity index (χ1n) is 8.71. The number of anilines is 3. The largest absolute Gasteiger partial charge is 0.363 e. The molecule has 2 aromatic heterocycles. The lowest BCUT2D eigenvalue weighted by Crippen LogP contribution is -2.33. The molecule has 0 unspecified atom stereocenters. The van der Waals surface area contributed by atoms with Crippen molar-refractivity contribution in [2.75, 3.05) is 36.8 Å². The number of nitrogens with zero attached hydrogens (tertiary/aromatic N) is 5. The molecule has 0 bridgehead atoms. The number of nitro groups is 1. The van der Waals surface area contributed by atoms with Crippen molar-refractivity contribution < 1.29 is 4.92 Å². The van der Waals surface area contributed by atoms with E-state index in [2.05, 4.69) is 30.5 Å². The van der Waals surface area contributed by atoms with Crippen molar-refractivity contribution in [1.29, 1.82) is 0 Å². The molecule has 9 nitrogen and oxygen atoms in total. The Morgan fingerprint density at radius 1 is 1.23 bits per heavy atom. The van der Waals surface area contributed by atoms with Gasteiger partial charge in [-0.15, -0.1) is 11.3 Å². The van der Waals surface area contributed by atoms with Crippen LogP contribution in [0, 0.1) is 24.0 Å². The number of aromatic nitrogens is 3. The van der Waals surface area contributed by atoms with Crippen LogP contribution in [0.15, 0.2) is 6.33 Å². The summed E-state index contributed by atoms with van der Waals surface area (Å²) in [6, 6.07) is 0. The molecule has 3 rings (SSSR count). The van der Waals surface area contributed by atoms with Crippen LogP contribution >= 0.6 is 11.3 Å². The highest BCUT2D eigenvalue weighted by molar-refractivity contribution is 7.15. The zero-order chi connectivity index (χ0) is 18.5. The quantitative estimate of drug-likeness (QED) is 0.559. The fourth-order valence-corrected chi connectivity index (χ4v) is 3.73. The number of hydrogen-bond donors (Lipinski definition) is 2. The molecule has 1 aliphatic rings. The SMILES string of the molecule is Cc1nc(Nc2ncnc(NCCN3CCCCC3)c2[N+](=O)[O-])sc1C. The minimum Gasteiger partial charge on any atom is -0.363 e. The van der Waals surface area contributed by atoms with Crippen LogP contribution in [0.4, 0.5) is 22.5 Å². The number of likely N-dealkylation sites (tertiary alicyclic amines) is 1. The van der Waals surface area contributed by atoms with Crippen LogP contribution in [0.3, 0.4) is 0 Å². The molecule has 1 fully saturated rings. The molecule has 2 aromatic rings. The number of thiazole rings is 1. The van der Waals surface area contributed by atoms with Crippen LogP contribution in [0.2, 0.25) is 0 Å². The minimum atomic E-state index is -0.459. The van der Waals surface area contributed by atoms with Crippen LogP contribution < -0.4 is 10.6 Å². The van der Waals surface area contributed by atoms with Gasteiger partial charge in [-0.1, -0.05) is 6.42 Å². The van der Waals surface area contributed by atoms with Gasteiger partial charge in [0.05, 0.1) is 10.6 Å². The van der Waals surface area contributed by atoms with Gasteiger partial charge in [-0.3, -0.25) is 10.1 Å². The van der Waals surface area contributed by atoms with Gasteiger partial charge in [-0.25, -0.2) is 15.0 Å². The van der Waals surface area contributed by atoms with Crippen molar-refractivity contribution in [3.05, 3.63) is 27.0 Å². The molecule has 2 N–H and O–H groups in total. The van der Waals surface area contributed by atoms with Gasteiger partial charge in [0, 0.05) is 18.0 Å². The van der Waals surface area contributed by atoms with E-state index in [1.165, 1.54) is 36.9 Å². The first-order chi connectivity index (χ1) is 12.5. The Balaban J connectivity index is 1.71. The lowest BCUT2D eigenvalue weighted by Gasteiger charge is -2.26. The Morgan fingerprint density at radius 3 is 2.62 bits per heavy atom. The molecule has 140 valence electrons. The summed E-state index contributed by atoms with van der Waals surface area (Å²) in [5.41, 5.74) is 0.741. The molecule has 0 atom stereocenters. The Morgan fingerprint density at radius 2 is 1.96 bits per heavy atom. The lowest BCUT2D eigenvalue weighted by molar-refractivity contribution is -0.383. The summed E-state index contributed by atoms with van der Waals surface area (Å²) in [6.45, 7) is 7.48. The summed E-state index contributed by atoms with van der Waals surface area (Å²) in [5, 5.41) is 18.2. The molecule has 26 heavy (non-hydrogen) atoms. The Kier molecular flexibility index (Phi) is 5.94. The fraction of sp³-hybridized carbons (Fsp3) is 0.562. The van der Waals surface area contributed by atoms with Crippen molar-refractivity contribution in [1.82, 2.24) is 19.9 Å². The number of aryl methyl sites for hydroxylation is 2. The van der Waals surface area contributed by atoms with Crippen molar-refractivity contribution in [3.63, 3.8) is 0 Å². The third-order valence-corrected chi connectivity index (χ3v) is 5.42. The zero-order valence-electron chi connectivity index (χ0n) is 15.0. The van der Waals surface area contributed by atoms with Crippen LogP contribution in [-0.2, 0) is 0 Å². The van der Waals surface area contributed by atoms with Gasteiger partial charge < -0.3 is 15.5 Å². The summed E-state index contributed by atoms with van der Waals surface area (Å²) in [6.07, 6.45) is 5.04. The standard InChI is InChI=1S/C16H23N7O2S/c1-11-12(2)26-16(20-11)21-15-13(23(24)25)14(18-10-19-15)17-6-9-22-7-4-3-5-8-22/h10H,3-9H2,1-2H3,(H2,17,18,19,20,21). The number of piperidine rings is 1. The van der Waals surface area contributed by atoms with Crippen molar-refractivity contribution >= 4 is 33.8 Å². The average Bonchev–Trinajstić information content (AvgIpc) is 2.93. The van der Waals surface area contributed by atoms with E-state index in [1.54, 1.807) is 0 Å². The maximum Gasteiger partial charge on any atom is 0.353 e. The number of hydrogen-bond acceptors (Lipinski definition) is 9. The third-order valence-electron chi connectivity index (χ3n) is 4.43. The van der Waals surface area contributed by atoms with E-state index in [1.807, 2.05) is 13.8 Å². The molecular weight excluding hydrogens is 354 g/mol. The van der Waals surface area contributed by atoms with Crippen LogP contribution in [0.25, 0.3) is 0 Å². The van der Waals surface area contributed by atoms with Crippen LogP contribution in [0.1, 0.15) is 29.8 Å². The minimum absolute atomic E-state index is 0.152. The number of nitrogens with one attached hydrogen (secondary N) is 2. The highest BCUT2D eigenvalue weighted by atomic mass is 32.1. The van der Waals surface area contributed by atoms with Crippen molar-refractivity contribution in [2.24, 2.45) is 0 Å². The molecule has 0 aliphatic carbocycles. The molecule has 10 heteroatoms. The van der Waals surface area contributed by atoms with E-state index in [4.69, 9.17) is 0 Å². The van der Waals surface area contributed by atoms with Gasteiger partial charge in [0.25, 0.3) is 0 Å². The van der Waals surface area contributed by atoms with Crippen LogP contribution in [0.5, 0.6) is 0 Å². The molecule has 0 spiro atoms. The molecule has 0 aromatic carbocycles. The second-order valence-electron chi connectivity index (χ2n) is 6.29. The van der Waals surface area contributed by atoms with E-state index < -0.39 is 4.92 Å². The summed E-state index contributed by atoms with van der Waals surface area (Å²) >= 11 is 1.44. The fourth-order valence-electron chi connectivity index (χ4n) is 2.92. The maximum absolute atomic E-state index is 11.6. The monoisotopic (exact) mass is 377 g/mol. The molecule has 1 aliphatic heterocycles. The first-order valence-corrected chi connectivity index (χ1v) is 9.53. The third kappa shape index (κ3) is 4.44. The van der Waals surface area contributed by atoms with Crippen molar-refractivity contribution in [3.8, 4) is 0 Å². The van der Waals surface area contributed by atoms with E-state index in [-0.39, 0.29) is 17.3 Å². The average molecular weight is 377 g/mol. The van der Waals surface area contributed by atoms with E-state index in [0.717, 1.165) is 30.2 Å². The van der Waals surface area contributed by atoms with Crippen LogP contribution in [-0.4, -0.2) is 51.0 Å². The summed E-state index contributed by atoms with van der Waals surface area (Å²) in [7, 11) is 0. The smallest absolute Gasteiger partial charge is 0.353 e. The van der Waals surface area contributed by atoms with Gasteiger partial charge in [-0.2, -0.15) is 0 Å². The van der Waals surface area contributed by atoms with Gasteiger partial charge >= 0.3 is 5.69 Å². The maximum atomic E-state index is 11.6. The zero-order valence-corrected chi connectivity index (χ0v) is 15.8. The Bertz CT molecular complexity index is 754. The van der Waals surface area contributed by atoms with E-state index in [9.17, 15) is 10.1 Å². The molecule has 0 saturated carbocycles.